The maximum atomic E-state index is 12.7. The van der Waals surface area contributed by atoms with Gasteiger partial charge in [-0.1, -0.05) is 0 Å². The van der Waals surface area contributed by atoms with Gasteiger partial charge < -0.3 is 10.1 Å². The average Bonchev–Trinajstić information content (AvgIpc) is 2.44. The van der Waals surface area contributed by atoms with Gasteiger partial charge in [-0.2, -0.15) is 0 Å². The van der Waals surface area contributed by atoms with Crippen LogP contribution in [0.1, 0.15) is 0 Å². The molecule has 2 aliphatic heterocycles. The number of benzene rings is 1. The SMILES string of the molecule is Fc1ccc(OCCN2CC(N3CCNCC3)C2)cc1. The van der Waals surface area contributed by atoms with Crippen LogP contribution in [0.4, 0.5) is 4.39 Å². The van der Waals surface area contributed by atoms with Crippen molar-refractivity contribution in [1.82, 2.24) is 15.1 Å². The van der Waals surface area contributed by atoms with E-state index in [2.05, 4.69) is 15.1 Å². The molecule has 0 radical (unpaired) electrons. The fraction of sp³-hybridized carbons (Fsp3) is 0.600. The van der Waals surface area contributed by atoms with Crippen LogP contribution in [0.2, 0.25) is 0 Å². The van der Waals surface area contributed by atoms with Crippen LogP contribution in [0.5, 0.6) is 5.75 Å². The van der Waals surface area contributed by atoms with E-state index in [0.29, 0.717) is 6.61 Å². The predicted molar refractivity (Wildman–Crippen MR) is 76.6 cm³/mol. The molecule has 0 aliphatic carbocycles. The number of halogens is 1. The van der Waals surface area contributed by atoms with Gasteiger partial charge in [-0.25, -0.2) is 4.39 Å². The molecule has 1 aromatic rings. The zero-order valence-electron chi connectivity index (χ0n) is 11.7. The van der Waals surface area contributed by atoms with E-state index in [9.17, 15) is 4.39 Å². The van der Waals surface area contributed by atoms with Crippen LogP contribution < -0.4 is 10.1 Å². The van der Waals surface area contributed by atoms with E-state index in [1.165, 1.54) is 25.2 Å². The first-order chi connectivity index (χ1) is 9.81. The molecule has 4 nitrogen and oxygen atoms in total. The minimum atomic E-state index is -0.223. The Morgan fingerprint density at radius 2 is 1.85 bits per heavy atom. The lowest BCUT2D eigenvalue weighted by Crippen LogP contribution is -2.63. The van der Waals surface area contributed by atoms with Gasteiger partial charge in [0.25, 0.3) is 0 Å². The molecule has 2 fully saturated rings. The molecule has 20 heavy (non-hydrogen) atoms. The molecule has 1 aromatic carbocycles. The smallest absolute Gasteiger partial charge is 0.123 e. The quantitative estimate of drug-likeness (QED) is 0.862. The van der Waals surface area contributed by atoms with Crippen molar-refractivity contribution in [3.8, 4) is 5.75 Å². The molecular weight excluding hydrogens is 257 g/mol. The van der Waals surface area contributed by atoms with Gasteiger partial charge in [0.1, 0.15) is 18.2 Å². The fourth-order valence-electron chi connectivity index (χ4n) is 2.83. The van der Waals surface area contributed by atoms with E-state index in [1.807, 2.05) is 0 Å². The third-order valence-corrected chi connectivity index (χ3v) is 4.10. The van der Waals surface area contributed by atoms with Crippen molar-refractivity contribution < 1.29 is 9.13 Å². The van der Waals surface area contributed by atoms with Crippen LogP contribution in [0.3, 0.4) is 0 Å². The number of piperazine rings is 1. The fourth-order valence-corrected chi connectivity index (χ4v) is 2.83. The average molecular weight is 279 g/mol. The van der Waals surface area contributed by atoms with Gasteiger partial charge in [-0.05, 0) is 24.3 Å². The molecule has 0 atom stereocenters. The number of likely N-dealkylation sites (tertiary alicyclic amines) is 1. The summed E-state index contributed by atoms with van der Waals surface area (Å²) < 4.78 is 18.4. The molecule has 3 rings (SSSR count). The van der Waals surface area contributed by atoms with Crippen LogP contribution in [-0.2, 0) is 0 Å². The van der Waals surface area contributed by atoms with Crippen LogP contribution in [-0.4, -0.2) is 68.3 Å². The van der Waals surface area contributed by atoms with Gasteiger partial charge in [-0.3, -0.25) is 9.80 Å². The van der Waals surface area contributed by atoms with E-state index >= 15 is 0 Å². The van der Waals surface area contributed by atoms with Crippen molar-refractivity contribution in [2.24, 2.45) is 0 Å². The third-order valence-electron chi connectivity index (χ3n) is 4.10. The minimum Gasteiger partial charge on any atom is -0.492 e. The lowest BCUT2D eigenvalue weighted by atomic mass is 10.1. The predicted octanol–water partition coefficient (Wildman–Crippen LogP) is 0.794. The molecule has 0 amide bonds. The Hall–Kier alpha value is -1.17. The highest BCUT2D eigenvalue weighted by molar-refractivity contribution is 5.21. The summed E-state index contributed by atoms with van der Waals surface area (Å²) in [4.78, 5) is 4.99. The van der Waals surface area contributed by atoms with Gasteiger partial charge in [0.15, 0.2) is 0 Å². The highest BCUT2D eigenvalue weighted by Crippen LogP contribution is 2.16. The lowest BCUT2D eigenvalue weighted by Gasteiger charge is -2.46. The molecule has 0 saturated carbocycles. The molecular formula is C15H22FN3O. The molecule has 5 heteroatoms. The lowest BCUT2D eigenvalue weighted by molar-refractivity contribution is 0.0202. The summed E-state index contributed by atoms with van der Waals surface area (Å²) in [6, 6.07) is 6.94. The first kappa shape index (κ1) is 13.8. The van der Waals surface area contributed by atoms with Gasteiger partial charge in [0, 0.05) is 51.9 Å². The number of rotatable bonds is 5. The van der Waals surface area contributed by atoms with Crippen molar-refractivity contribution in [3.05, 3.63) is 30.1 Å². The second kappa shape index (κ2) is 6.52. The maximum Gasteiger partial charge on any atom is 0.123 e. The Labute approximate surface area is 119 Å². The largest absolute Gasteiger partial charge is 0.492 e. The molecule has 2 heterocycles. The summed E-state index contributed by atoms with van der Waals surface area (Å²) in [6.45, 7) is 8.48. The second-order valence-electron chi connectivity index (χ2n) is 5.50. The Kier molecular flexibility index (Phi) is 4.50. The number of hydrogen-bond acceptors (Lipinski definition) is 4. The number of nitrogens with one attached hydrogen (secondary N) is 1. The Morgan fingerprint density at radius 3 is 2.55 bits per heavy atom. The van der Waals surface area contributed by atoms with Crippen molar-refractivity contribution in [3.63, 3.8) is 0 Å². The van der Waals surface area contributed by atoms with E-state index < -0.39 is 0 Å². The van der Waals surface area contributed by atoms with Gasteiger partial charge in [-0.15, -0.1) is 0 Å². The van der Waals surface area contributed by atoms with Crippen molar-refractivity contribution >= 4 is 0 Å². The summed E-state index contributed by atoms with van der Waals surface area (Å²) >= 11 is 0. The van der Waals surface area contributed by atoms with Gasteiger partial charge >= 0.3 is 0 Å². The first-order valence-electron chi connectivity index (χ1n) is 7.37. The zero-order valence-corrected chi connectivity index (χ0v) is 11.7. The molecule has 0 spiro atoms. The summed E-state index contributed by atoms with van der Waals surface area (Å²) in [5.74, 6) is 0.518. The summed E-state index contributed by atoms with van der Waals surface area (Å²) in [5, 5.41) is 3.38. The van der Waals surface area contributed by atoms with Crippen molar-refractivity contribution in [2.75, 3.05) is 52.4 Å². The van der Waals surface area contributed by atoms with Crippen LogP contribution in [0, 0.1) is 5.82 Å². The summed E-state index contributed by atoms with van der Waals surface area (Å²) in [5.41, 5.74) is 0. The molecule has 0 aromatic heterocycles. The normalized spacial score (nSPS) is 21.6. The highest BCUT2D eigenvalue weighted by atomic mass is 19.1. The van der Waals surface area contributed by atoms with E-state index in [-0.39, 0.29) is 5.82 Å². The monoisotopic (exact) mass is 279 g/mol. The van der Waals surface area contributed by atoms with E-state index in [0.717, 1.165) is 44.5 Å². The highest BCUT2D eigenvalue weighted by Gasteiger charge is 2.31. The van der Waals surface area contributed by atoms with Crippen LogP contribution >= 0.6 is 0 Å². The van der Waals surface area contributed by atoms with Gasteiger partial charge in [0.05, 0.1) is 0 Å². The van der Waals surface area contributed by atoms with E-state index in [1.54, 1.807) is 12.1 Å². The third kappa shape index (κ3) is 3.48. The Morgan fingerprint density at radius 1 is 1.15 bits per heavy atom. The maximum absolute atomic E-state index is 12.7. The standard InChI is InChI=1S/C15H22FN3O/c16-13-1-3-15(4-2-13)20-10-9-18-11-14(12-18)19-7-5-17-6-8-19/h1-4,14,17H,5-12H2. The molecule has 2 aliphatic rings. The van der Waals surface area contributed by atoms with Crippen LogP contribution in [0.15, 0.2) is 24.3 Å². The van der Waals surface area contributed by atoms with Gasteiger partial charge in [0.2, 0.25) is 0 Å². The van der Waals surface area contributed by atoms with E-state index in [4.69, 9.17) is 4.74 Å². The van der Waals surface area contributed by atoms with Crippen molar-refractivity contribution in [1.29, 1.82) is 0 Å². The summed E-state index contributed by atoms with van der Waals surface area (Å²) in [6.07, 6.45) is 0. The first-order valence-corrected chi connectivity index (χ1v) is 7.37. The second-order valence-corrected chi connectivity index (χ2v) is 5.50. The zero-order chi connectivity index (χ0) is 13.8. The summed E-state index contributed by atoms with van der Waals surface area (Å²) in [7, 11) is 0. The molecule has 2 saturated heterocycles. The number of nitrogens with zero attached hydrogens (tertiary/aromatic N) is 2. The van der Waals surface area contributed by atoms with Crippen LogP contribution in [0.25, 0.3) is 0 Å². The van der Waals surface area contributed by atoms with Crippen molar-refractivity contribution in [2.45, 2.75) is 6.04 Å². The minimum absolute atomic E-state index is 0.223. The Balaban J connectivity index is 1.32. The molecule has 1 N–H and O–H groups in total. The number of hydrogen-bond donors (Lipinski definition) is 1. The number of ether oxygens (including phenoxy) is 1. The topological polar surface area (TPSA) is 27.7 Å². The molecule has 110 valence electrons. The molecule has 0 bridgehead atoms. The molecule has 0 unspecified atom stereocenters. The Bertz CT molecular complexity index is 414.